The Labute approximate surface area is 116 Å². The van der Waals surface area contributed by atoms with E-state index in [1.165, 1.54) is 13.0 Å². The van der Waals surface area contributed by atoms with Crippen molar-refractivity contribution < 1.29 is 4.74 Å². The Balaban J connectivity index is 1.83. The fourth-order valence-electron chi connectivity index (χ4n) is 3.01. The molecule has 0 radical (unpaired) electrons. The Morgan fingerprint density at radius 1 is 1.26 bits per heavy atom. The van der Waals surface area contributed by atoms with Gasteiger partial charge in [-0.1, -0.05) is 26.0 Å². The highest BCUT2D eigenvalue weighted by Crippen LogP contribution is 2.26. The van der Waals surface area contributed by atoms with Crippen LogP contribution < -0.4 is 10.5 Å². The number of likely N-dealkylation sites (tertiary alicyclic amines) is 1. The molecule has 2 rings (SSSR count). The van der Waals surface area contributed by atoms with Gasteiger partial charge >= 0.3 is 0 Å². The maximum absolute atomic E-state index is 5.87. The minimum Gasteiger partial charge on any atom is -0.490 e. The number of nitrogens with zero attached hydrogens (tertiary/aromatic N) is 1. The minimum atomic E-state index is 0.646. The molecule has 1 aromatic carbocycles. The lowest BCUT2D eigenvalue weighted by Crippen LogP contribution is -2.47. The van der Waals surface area contributed by atoms with E-state index in [2.05, 4.69) is 25.7 Å². The van der Waals surface area contributed by atoms with E-state index in [0.717, 1.165) is 29.8 Å². The Kier molecular flexibility index (Phi) is 4.70. The van der Waals surface area contributed by atoms with E-state index < -0.39 is 0 Å². The van der Waals surface area contributed by atoms with Crippen molar-refractivity contribution in [1.82, 2.24) is 4.90 Å². The van der Waals surface area contributed by atoms with Crippen LogP contribution in [0.1, 0.15) is 27.2 Å². The molecule has 0 aliphatic carbocycles. The molecule has 0 saturated carbocycles. The third kappa shape index (κ3) is 3.63. The van der Waals surface area contributed by atoms with Crippen molar-refractivity contribution >= 4 is 5.69 Å². The summed E-state index contributed by atoms with van der Waals surface area (Å²) in [6.07, 6.45) is 1.34. The number of anilines is 1. The second-order valence-electron chi connectivity index (χ2n) is 5.94. The molecule has 0 amide bonds. The third-order valence-corrected chi connectivity index (χ3v) is 4.27. The SMILES string of the molecule is CC1CC(C)C(C)N(CCOc2ccccc2N)C1. The van der Waals surface area contributed by atoms with E-state index in [1.807, 2.05) is 24.3 Å². The van der Waals surface area contributed by atoms with Gasteiger partial charge in [0.05, 0.1) is 5.69 Å². The van der Waals surface area contributed by atoms with E-state index in [-0.39, 0.29) is 0 Å². The van der Waals surface area contributed by atoms with Gasteiger partial charge in [-0.05, 0) is 37.3 Å². The molecule has 1 heterocycles. The van der Waals surface area contributed by atoms with Crippen LogP contribution in [0.2, 0.25) is 0 Å². The van der Waals surface area contributed by atoms with Crippen LogP contribution in [0.25, 0.3) is 0 Å². The zero-order valence-electron chi connectivity index (χ0n) is 12.3. The number of benzene rings is 1. The predicted octanol–water partition coefficient (Wildman–Crippen LogP) is 3.01. The van der Waals surface area contributed by atoms with Crippen molar-refractivity contribution in [3.63, 3.8) is 0 Å². The number of hydrogen-bond acceptors (Lipinski definition) is 3. The summed E-state index contributed by atoms with van der Waals surface area (Å²) in [5.41, 5.74) is 6.59. The average molecular weight is 262 g/mol. The smallest absolute Gasteiger partial charge is 0.142 e. The van der Waals surface area contributed by atoms with Gasteiger partial charge in [-0.3, -0.25) is 4.90 Å². The van der Waals surface area contributed by atoms with Crippen LogP contribution in [0.3, 0.4) is 0 Å². The Hall–Kier alpha value is -1.22. The summed E-state index contributed by atoms with van der Waals surface area (Å²) in [6.45, 7) is 9.88. The quantitative estimate of drug-likeness (QED) is 0.848. The molecule has 1 aliphatic rings. The molecule has 19 heavy (non-hydrogen) atoms. The van der Waals surface area contributed by atoms with E-state index in [0.29, 0.717) is 12.6 Å². The van der Waals surface area contributed by atoms with Gasteiger partial charge in [-0.2, -0.15) is 0 Å². The summed E-state index contributed by atoms with van der Waals surface area (Å²) in [5, 5.41) is 0. The van der Waals surface area contributed by atoms with Crippen LogP contribution >= 0.6 is 0 Å². The van der Waals surface area contributed by atoms with Crippen LogP contribution in [0, 0.1) is 11.8 Å². The summed E-state index contributed by atoms with van der Waals surface area (Å²) in [5.74, 6) is 2.35. The first-order valence-corrected chi connectivity index (χ1v) is 7.29. The van der Waals surface area contributed by atoms with Crippen LogP contribution in [-0.4, -0.2) is 30.6 Å². The standard InChI is InChI=1S/C16H26N2O/c1-12-10-13(2)14(3)18(11-12)8-9-19-16-7-5-4-6-15(16)17/h4-7,12-14H,8-11,17H2,1-3H3. The highest BCUT2D eigenvalue weighted by Gasteiger charge is 2.28. The third-order valence-electron chi connectivity index (χ3n) is 4.27. The molecule has 1 saturated heterocycles. The molecule has 1 aliphatic heterocycles. The topological polar surface area (TPSA) is 38.5 Å². The monoisotopic (exact) mass is 262 g/mol. The number of piperidine rings is 1. The second kappa shape index (κ2) is 6.29. The fraction of sp³-hybridized carbons (Fsp3) is 0.625. The van der Waals surface area contributed by atoms with Crippen LogP contribution in [0.15, 0.2) is 24.3 Å². The zero-order chi connectivity index (χ0) is 13.8. The molecule has 3 heteroatoms. The van der Waals surface area contributed by atoms with Crippen molar-refractivity contribution in [3.05, 3.63) is 24.3 Å². The molecule has 106 valence electrons. The van der Waals surface area contributed by atoms with Gasteiger partial charge in [0.1, 0.15) is 12.4 Å². The number of hydrogen-bond donors (Lipinski definition) is 1. The Morgan fingerprint density at radius 3 is 2.74 bits per heavy atom. The molecule has 0 bridgehead atoms. The lowest BCUT2D eigenvalue weighted by atomic mass is 9.86. The van der Waals surface area contributed by atoms with Crippen molar-refractivity contribution in [3.8, 4) is 5.75 Å². The number of ether oxygens (including phenoxy) is 1. The first-order chi connectivity index (χ1) is 9.08. The lowest BCUT2D eigenvalue weighted by molar-refractivity contribution is 0.0666. The number of nitrogen functional groups attached to an aromatic ring is 1. The van der Waals surface area contributed by atoms with Crippen molar-refractivity contribution in [2.75, 3.05) is 25.4 Å². The van der Waals surface area contributed by atoms with Gasteiger partial charge in [-0.15, -0.1) is 0 Å². The Morgan fingerprint density at radius 2 is 2.00 bits per heavy atom. The summed E-state index contributed by atoms with van der Waals surface area (Å²) >= 11 is 0. The van der Waals surface area contributed by atoms with Crippen molar-refractivity contribution in [1.29, 1.82) is 0 Å². The molecule has 0 aromatic heterocycles. The average Bonchev–Trinajstić information content (AvgIpc) is 2.37. The molecule has 1 fully saturated rings. The number of nitrogens with two attached hydrogens (primary N) is 1. The molecule has 3 unspecified atom stereocenters. The molecule has 3 atom stereocenters. The van der Waals surface area contributed by atoms with Gasteiger partial charge in [0, 0.05) is 19.1 Å². The van der Waals surface area contributed by atoms with E-state index in [9.17, 15) is 0 Å². The van der Waals surface area contributed by atoms with Crippen LogP contribution in [-0.2, 0) is 0 Å². The molecule has 0 spiro atoms. The predicted molar refractivity (Wildman–Crippen MR) is 80.3 cm³/mol. The molecule has 3 nitrogen and oxygen atoms in total. The normalized spacial score (nSPS) is 28.3. The zero-order valence-corrected chi connectivity index (χ0v) is 12.3. The molecule has 2 N–H and O–H groups in total. The maximum Gasteiger partial charge on any atom is 0.142 e. The first kappa shape index (κ1) is 14.2. The lowest BCUT2D eigenvalue weighted by Gasteiger charge is -2.41. The summed E-state index contributed by atoms with van der Waals surface area (Å²) < 4.78 is 5.79. The highest BCUT2D eigenvalue weighted by molar-refractivity contribution is 5.51. The van der Waals surface area contributed by atoms with E-state index in [1.54, 1.807) is 0 Å². The van der Waals surface area contributed by atoms with Gasteiger partial charge in [0.2, 0.25) is 0 Å². The first-order valence-electron chi connectivity index (χ1n) is 7.29. The van der Waals surface area contributed by atoms with Gasteiger partial charge < -0.3 is 10.5 Å². The van der Waals surface area contributed by atoms with Crippen molar-refractivity contribution in [2.24, 2.45) is 11.8 Å². The number of rotatable bonds is 4. The van der Waals surface area contributed by atoms with Gasteiger partial charge in [-0.25, -0.2) is 0 Å². The summed E-state index contributed by atoms with van der Waals surface area (Å²) in [4.78, 5) is 2.54. The highest BCUT2D eigenvalue weighted by atomic mass is 16.5. The molecular weight excluding hydrogens is 236 g/mol. The largest absolute Gasteiger partial charge is 0.490 e. The van der Waals surface area contributed by atoms with Crippen LogP contribution in [0.4, 0.5) is 5.69 Å². The van der Waals surface area contributed by atoms with E-state index >= 15 is 0 Å². The fourth-order valence-corrected chi connectivity index (χ4v) is 3.01. The summed E-state index contributed by atoms with van der Waals surface area (Å²) in [7, 11) is 0. The molecular formula is C16H26N2O. The van der Waals surface area contributed by atoms with Gasteiger partial charge in [0.25, 0.3) is 0 Å². The second-order valence-corrected chi connectivity index (χ2v) is 5.94. The minimum absolute atomic E-state index is 0.646. The van der Waals surface area contributed by atoms with Crippen LogP contribution in [0.5, 0.6) is 5.75 Å². The number of para-hydroxylation sites is 2. The van der Waals surface area contributed by atoms with Crippen molar-refractivity contribution in [2.45, 2.75) is 33.2 Å². The Bertz CT molecular complexity index is 407. The molecule has 1 aromatic rings. The maximum atomic E-state index is 5.87. The van der Waals surface area contributed by atoms with Gasteiger partial charge in [0.15, 0.2) is 0 Å². The summed E-state index contributed by atoms with van der Waals surface area (Å²) in [6, 6.07) is 8.34. The van der Waals surface area contributed by atoms with E-state index in [4.69, 9.17) is 10.5 Å².